The summed E-state index contributed by atoms with van der Waals surface area (Å²) in [5, 5.41) is 11.0. The van der Waals surface area contributed by atoms with Crippen molar-refractivity contribution in [3.05, 3.63) is 29.6 Å². The van der Waals surface area contributed by atoms with Crippen LogP contribution < -0.4 is 5.32 Å². The Bertz CT molecular complexity index is 517. The molecule has 0 fully saturated rings. The minimum atomic E-state index is -0.519. The van der Waals surface area contributed by atoms with Gasteiger partial charge in [-0.25, -0.2) is 4.98 Å². The lowest BCUT2D eigenvalue weighted by molar-refractivity contribution is -0.141. The molecule has 0 saturated heterocycles. The monoisotopic (exact) mass is 262 g/mol. The summed E-state index contributed by atoms with van der Waals surface area (Å²) in [4.78, 5) is 26.9. The zero-order chi connectivity index (χ0) is 14.1. The van der Waals surface area contributed by atoms with Crippen LogP contribution in [0.1, 0.15) is 23.0 Å². The van der Waals surface area contributed by atoms with Gasteiger partial charge in [-0.3, -0.25) is 9.59 Å². The Morgan fingerprint density at radius 1 is 1.53 bits per heavy atom. The molecule has 0 aliphatic carbocycles. The van der Waals surface area contributed by atoms with E-state index >= 15 is 0 Å². The Kier molecular flexibility index (Phi) is 6.06. The molecule has 100 valence electrons. The molecule has 0 saturated carbocycles. The fraction of sp³-hybridized carbons (Fsp3) is 0.308. The van der Waals surface area contributed by atoms with Crippen LogP contribution in [-0.2, 0) is 9.53 Å². The lowest BCUT2D eigenvalue weighted by Gasteiger charge is -2.05. The summed E-state index contributed by atoms with van der Waals surface area (Å²) in [5.41, 5.74) is 0.491. The van der Waals surface area contributed by atoms with Gasteiger partial charge in [0.05, 0.1) is 12.2 Å². The van der Waals surface area contributed by atoms with Gasteiger partial charge in [-0.05, 0) is 19.1 Å². The molecule has 0 radical (unpaired) electrons. The number of carbonyl (C=O) groups excluding carboxylic acids is 2. The van der Waals surface area contributed by atoms with Crippen LogP contribution >= 0.6 is 0 Å². The maximum Gasteiger partial charge on any atom is 0.325 e. The first-order chi connectivity index (χ1) is 9.19. The van der Waals surface area contributed by atoms with Crippen LogP contribution in [0.2, 0.25) is 0 Å². The van der Waals surface area contributed by atoms with Crippen LogP contribution in [0.15, 0.2) is 18.3 Å². The van der Waals surface area contributed by atoms with E-state index in [1.807, 2.05) is 0 Å². The number of esters is 1. The first-order valence-electron chi connectivity index (χ1n) is 5.67. The van der Waals surface area contributed by atoms with Gasteiger partial charge in [0.1, 0.15) is 18.8 Å². The number of aliphatic hydroxyl groups is 1. The summed E-state index contributed by atoms with van der Waals surface area (Å²) in [6.45, 7) is 1.40. The van der Waals surface area contributed by atoms with Crippen molar-refractivity contribution in [1.82, 2.24) is 10.3 Å². The molecule has 0 aliphatic heterocycles. The topological polar surface area (TPSA) is 88.5 Å². The Hall–Kier alpha value is -2.39. The summed E-state index contributed by atoms with van der Waals surface area (Å²) >= 11 is 0. The van der Waals surface area contributed by atoms with E-state index in [2.05, 4.69) is 26.9 Å². The highest BCUT2D eigenvalue weighted by Gasteiger charge is 2.12. The molecule has 6 heteroatoms. The molecule has 1 aromatic rings. The first kappa shape index (κ1) is 14.7. The minimum absolute atomic E-state index is 0.104. The lowest BCUT2D eigenvalue weighted by atomic mass is 10.2. The van der Waals surface area contributed by atoms with Crippen molar-refractivity contribution in [2.24, 2.45) is 0 Å². The second-order valence-corrected chi connectivity index (χ2v) is 3.35. The van der Waals surface area contributed by atoms with Crippen LogP contribution in [0.5, 0.6) is 0 Å². The van der Waals surface area contributed by atoms with Crippen LogP contribution in [0.25, 0.3) is 0 Å². The van der Waals surface area contributed by atoms with Crippen molar-refractivity contribution in [3.8, 4) is 11.8 Å². The third-order valence-electron chi connectivity index (χ3n) is 2.02. The molecular formula is C13H14N2O4. The third-order valence-corrected chi connectivity index (χ3v) is 2.02. The highest BCUT2D eigenvalue weighted by molar-refractivity contribution is 5.96. The minimum Gasteiger partial charge on any atom is -0.465 e. The lowest BCUT2D eigenvalue weighted by Crippen LogP contribution is -2.31. The predicted octanol–water partition coefficient (Wildman–Crippen LogP) is -0.282. The molecule has 1 amide bonds. The van der Waals surface area contributed by atoms with Gasteiger partial charge in [-0.2, -0.15) is 0 Å². The molecule has 1 heterocycles. The summed E-state index contributed by atoms with van der Waals surface area (Å²) < 4.78 is 4.69. The van der Waals surface area contributed by atoms with E-state index in [-0.39, 0.29) is 25.5 Å². The van der Waals surface area contributed by atoms with Gasteiger partial charge < -0.3 is 15.2 Å². The Morgan fingerprint density at radius 2 is 2.32 bits per heavy atom. The zero-order valence-electron chi connectivity index (χ0n) is 10.5. The molecule has 19 heavy (non-hydrogen) atoms. The van der Waals surface area contributed by atoms with Gasteiger partial charge in [0.2, 0.25) is 0 Å². The molecular weight excluding hydrogens is 248 g/mol. The van der Waals surface area contributed by atoms with Crippen LogP contribution in [0, 0.1) is 11.8 Å². The number of nitrogens with one attached hydrogen (secondary N) is 1. The highest BCUT2D eigenvalue weighted by Crippen LogP contribution is 2.03. The van der Waals surface area contributed by atoms with Crippen molar-refractivity contribution in [3.63, 3.8) is 0 Å². The van der Waals surface area contributed by atoms with Crippen LogP contribution in [0.4, 0.5) is 0 Å². The van der Waals surface area contributed by atoms with E-state index in [0.29, 0.717) is 5.56 Å². The number of amides is 1. The van der Waals surface area contributed by atoms with Gasteiger partial charge in [0, 0.05) is 6.20 Å². The van der Waals surface area contributed by atoms with E-state index in [4.69, 9.17) is 5.11 Å². The van der Waals surface area contributed by atoms with Crippen LogP contribution in [0.3, 0.4) is 0 Å². The summed E-state index contributed by atoms with van der Waals surface area (Å²) in [7, 11) is 0. The fourth-order valence-electron chi connectivity index (χ4n) is 1.27. The number of hydrogen-bond donors (Lipinski definition) is 2. The van der Waals surface area contributed by atoms with Crippen molar-refractivity contribution < 1.29 is 19.4 Å². The number of carbonyl (C=O) groups is 2. The Balaban J connectivity index is 2.74. The fourth-order valence-corrected chi connectivity index (χ4v) is 1.27. The summed E-state index contributed by atoms with van der Waals surface area (Å²) in [6.07, 6.45) is 1.45. The molecule has 2 N–H and O–H groups in total. The Labute approximate surface area is 110 Å². The molecule has 1 rings (SSSR count). The number of pyridine rings is 1. The van der Waals surface area contributed by atoms with Crippen molar-refractivity contribution in [1.29, 1.82) is 0 Å². The molecule has 0 atom stereocenters. The predicted molar refractivity (Wildman–Crippen MR) is 67.2 cm³/mol. The second kappa shape index (κ2) is 7.84. The van der Waals surface area contributed by atoms with Crippen molar-refractivity contribution >= 4 is 11.9 Å². The van der Waals surface area contributed by atoms with Gasteiger partial charge in [0.25, 0.3) is 5.91 Å². The number of nitrogens with zero attached hydrogens (tertiary/aromatic N) is 1. The summed E-state index contributed by atoms with van der Waals surface area (Å²) in [5.74, 6) is 4.02. The first-order valence-corrected chi connectivity index (χ1v) is 5.67. The summed E-state index contributed by atoms with van der Waals surface area (Å²) in [6, 6.07) is 3.23. The number of hydrogen-bond acceptors (Lipinski definition) is 5. The largest absolute Gasteiger partial charge is 0.465 e. The van der Waals surface area contributed by atoms with E-state index in [1.54, 1.807) is 19.1 Å². The highest BCUT2D eigenvalue weighted by atomic mass is 16.5. The maximum atomic E-state index is 11.8. The smallest absolute Gasteiger partial charge is 0.325 e. The number of ether oxygens (including phenoxy) is 1. The van der Waals surface area contributed by atoms with Crippen molar-refractivity contribution in [2.45, 2.75) is 6.92 Å². The SMILES string of the molecule is CCOC(=O)CNC(=O)c1ncccc1C#CCO. The zero-order valence-corrected chi connectivity index (χ0v) is 10.5. The molecule has 0 aromatic carbocycles. The molecule has 6 nitrogen and oxygen atoms in total. The maximum absolute atomic E-state index is 11.8. The molecule has 1 aromatic heterocycles. The van der Waals surface area contributed by atoms with Gasteiger partial charge >= 0.3 is 5.97 Å². The van der Waals surface area contributed by atoms with E-state index < -0.39 is 11.9 Å². The van der Waals surface area contributed by atoms with E-state index in [1.165, 1.54) is 6.20 Å². The molecule has 0 unspecified atom stereocenters. The van der Waals surface area contributed by atoms with Crippen LogP contribution in [-0.4, -0.2) is 41.7 Å². The number of aliphatic hydroxyl groups excluding tert-OH is 1. The average molecular weight is 262 g/mol. The standard InChI is InChI=1S/C13H14N2O4/c1-2-19-11(17)9-15-13(18)12-10(6-4-8-16)5-3-7-14-12/h3,5,7,16H,2,8-9H2,1H3,(H,15,18). The van der Waals surface area contributed by atoms with Crippen molar-refractivity contribution in [2.75, 3.05) is 19.8 Å². The molecule has 0 bridgehead atoms. The molecule has 0 aliphatic rings. The van der Waals surface area contributed by atoms with Gasteiger partial charge in [-0.1, -0.05) is 11.8 Å². The Morgan fingerprint density at radius 3 is 3.00 bits per heavy atom. The normalized spacial score (nSPS) is 9.16. The van der Waals surface area contributed by atoms with Gasteiger partial charge in [0.15, 0.2) is 0 Å². The van der Waals surface area contributed by atoms with E-state index in [0.717, 1.165) is 0 Å². The average Bonchev–Trinajstić information content (AvgIpc) is 2.43. The van der Waals surface area contributed by atoms with E-state index in [9.17, 15) is 9.59 Å². The molecule has 0 spiro atoms. The quantitative estimate of drug-likeness (QED) is 0.575. The van der Waals surface area contributed by atoms with Gasteiger partial charge in [-0.15, -0.1) is 0 Å². The second-order valence-electron chi connectivity index (χ2n) is 3.35. The number of rotatable bonds is 4. The third kappa shape index (κ3) is 4.77. The number of aromatic nitrogens is 1.